The van der Waals surface area contributed by atoms with Crippen molar-refractivity contribution in [2.45, 2.75) is 44.0 Å². The van der Waals surface area contributed by atoms with Gasteiger partial charge in [-0.1, -0.05) is 25.4 Å². The molecule has 0 spiro atoms. The molecule has 1 saturated heterocycles. The van der Waals surface area contributed by atoms with E-state index in [9.17, 15) is 13.2 Å². The third kappa shape index (κ3) is 4.47. The Morgan fingerprint density at radius 2 is 1.96 bits per heavy atom. The first kappa shape index (κ1) is 19.2. The van der Waals surface area contributed by atoms with Crippen molar-refractivity contribution in [1.29, 1.82) is 0 Å². The highest BCUT2D eigenvalue weighted by Gasteiger charge is 2.29. The normalized spacial score (nSPS) is 17.2. The Hall–Kier alpha value is -1.15. The van der Waals surface area contributed by atoms with Crippen molar-refractivity contribution in [3.8, 4) is 0 Å². The first-order valence-corrected chi connectivity index (χ1v) is 9.89. The van der Waals surface area contributed by atoms with Gasteiger partial charge in [0.2, 0.25) is 15.9 Å². The fraction of sp³-hybridized carbons (Fsp3) is 0.562. The third-order valence-corrected chi connectivity index (χ3v) is 6.32. The van der Waals surface area contributed by atoms with E-state index in [0.29, 0.717) is 31.1 Å². The number of sulfonamides is 1. The summed E-state index contributed by atoms with van der Waals surface area (Å²) < 4.78 is 26.8. The molecule has 1 aromatic rings. The molecular weight excluding hydrogens is 350 g/mol. The lowest BCUT2D eigenvalue weighted by atomic mass is 10.0. The molecule has 1 aromatic carbocycles. The number of rotatable bonds is 6. The van der Waals surface area contributed by atoms with Crippen molar-refractivity contribution < 1.29 is 13.2 Å². The zero-order chi connectivity index (χ0) is 17.9. The van der Waals surface area contributed by atoms with Gasteiger partial charge >= 0.3 is 0 Å². The predicted molar refractivity (Wildman–Crippen MR) is 95.5 cm³/mol. The first-order valence-electron chi connectivity index (χ1n) is 8.08. The summed E-state index contributed by atoms with van der Waals surface area (Å²) in [5.41, 5.74) is 6.23. The van der Waals surface area contributed by atoms with Crippen LogP contribution in [0.3, 0.4) is 0 Å². The molecule has 24 heavy (non-hydrogen) atoms. The van der Waals surface area contributed by atoms with E-state index in [1.165, 1.54) is 16.4 Å². The molecule has 8 heteroatoms. The molecule has 0 aliphatic carbocycles. The van der Waals surface area contributed by atoms with E-state index in [1.54, 1.807) is 6.07 Å². The maximum atomic E-state index is 12.7. The van der Waals surface area contributed by atoms with Crippen LogP contribution in [0.25, 0.3) is 0 Å². The average Bonchev–Trinajstić information content (AvgIpc) is 3.03. The summed E-state index contributed by atoms with van der Waals surface area (Å²) in [4.78, 5) is 12.1. The van der Waals surface area contributed by atoms with Gasteiger partial charge in [-0.05, 0) is 43.4 Å². The number of benzene rings is 1. The van der Waals surface area contributed by atoms with Gasteiger partial charge in [0.1, 0.15) is 4.90 Å². The number of nitrogens with two attached hydrogens (primary N) is 1. The van der Waals surface area contributed by atoms with Gasteiger partial charge in [0, 0.05) is 18.8 Å². The zero-order valence-corrected chi connectivity index (χ0v) is 15.5. The van der Waals surface area contributed by atoms with E-state index < -0.39 is 16.1 Å². The largest absolute Gasteiger partial charge is 0.325 e. The number of hydrogen-bond donors (Lipinski definition) is 2. The Labute approximate surface area is 148 Å². The second-order valence-corrected chi connectivity index (χ2v) is 8.80. The molecule has 1 fully saturated rings. The van der Waals surface area contributed by atoms with Crippen LogP contribution in [0.4, 0.5) is 5.69 Å². The number of carbonyl (C=O) groups excluding carboxylic acids is 1. The highest BCUT2D eigenvalue weighted by atomic mass is 35.5. The lowest BCUT2D eigenvalue weighted by Gasteiger charge is -2.18. The van der Waals surface area contributed by atoms with Gasteiger partial charge in [0.05, 0.1) is 11.1 Å². The van der Waals surface area contributed by atoms with Crippen LogP contribution in [0.2, 0.25) is 5.02 Å². The lowest BCUT2D eigenvalue weighted by molar-refractivity contribution is -0.117. The lowest BCUT2D eigenvalue weighted by Crippen LogP contribution is -2.36. The van der Waals surface area contributed by atoms with Crippen LogP contribution in [0.1, 0.15) is 33.1 Å². The molecule has 1 amide bonds. The van der Waals surface area contributed by atoms with Crippen LogP contribution >= 0.6 is 11.6 Å². The van der Waals surface area contributed by atoms with Crippen molar-refractivity contribution in [3.05, 3.63) is 23.2 Å². The van der Waals surface area contributed by atoms with Crippen molar-refractivity contribution in [2.24, 2.45) is 11.7 Å². The number of anilines is 1. The summed E-state index contributed by atoms with van der Waals surface area (Å²) in [6.07, 6.45) is 2.24. The van der Waals surface area contributed by atoms with Crippen LogP contribution in [0.5, 0.6) is 0 Å². The minimum absolute atomic E-state index is 0.0151. The van der Waals surface area contributed by atoms with Crippen molar-refractivity contribution in [2.75, 3.05) is 18.4 Å². The molecule has 1 aliphatic heterocycles. The minimum atomic E-state index is -3.65. The summed E-state index contributed by atoms with van der Waals surface area (Å²) in [7, 11) is -3.65. The van der Waals surface area contributed by atoms with E-state index in [-0.39, 0.29) is 15.8 Å². The average molecular weight is 374 g/mol. The predicted octanol–water partition coefficient (Wildman–Crippen LogP) is 2.44. The van der Waals surface area contributed by atoms with E-state index in [2.05, 4.69) is 5.32 Å². The number of amides is 1. The summed E-state index contributed by atoms with van der Waals surface area (Å²) in [6.45, 7) is 4.95. The van der Waals surface area contributed by atoms with Crippen molar-refractivity contribution >= 4 is 33.2 Å². The van der Waals surface area contributed by atoms with Gasteiger partial charge in [-0.3, -0.25) is 4.79 Å². The van der Waals surface area contributed by atoms with Crippen LogP contribution < -0.4 is 11.1 Å². The number of nitrogens with zero attached hydrogens (tertiary/aromatic N) is 1. The molecular formula is C16H24ClN3O3S. The van der Waals surface area contributed by atoms with Gasteiger partial charge in [-0.15, -0.1) is 0 Å². The van der Waals surface area contributed by atoms with Crippen LogP contribution in [0.15, 0.2) is 23.1 Å². The second-order valence-electron chi connectivity index (χ2n) is 6.48. The molecule has 0 unspecified atom stereocenters. The van der Waals surface area contributed by atoms with Gasteiger partial charge in [-0.2, -0.15) is 4.31 Å². The quantitative estimate of drug-likeness (QED) is 0.800. The maximum Gasteiger partial charge on any atom is 0.244 e. The molecule has 2 rings (SSSR count). The van der Waals surface area contributed by atoms with E-state index in [1.807, 2.05) is 13.8 Å². The fourth-order valence-corrected chi connectivity index (χ4v) is 4.71. The molecule has 0 saturated carbocycles. The highest BCUT2D eigenvalue weighted by Crippen LogP contribution is 2.29. The summed E-state index contributed by atoms with van der Waals surface area (Å²) in [5, 5.41) is 2.82. The standard InChI is InChI=1S/C16H24ClN3O3S/c1-11(2)9-14(18)16(21)19-12-5-6-13(17)15(10-12)24(22,23)20-7-3-4-8-20/h5-6,10-11,14H,3-4,7-9,18H2,1-2H3,(H,19,21)/t14-/m0/s1. The summed E-state index contributed by atoms with van der Waals surface area (Å²) >= 11 is 6.08. The Kier molecular flexibility index (Phi) is 6.25. The molecule has 0 radical (unpaired) electrons. The number of carbonyl (C=O) groups is 1. The topological polar surface area (TPSA) is 92.5 Å². The Morgan fingerprint density at radius 3 is 2.54 bits per heavy atom. The Balaban J connectivity index is 2.21. The molecule has 1 aliphatic rings. The van der Waals surface area contributed by atoms with Crippen LogP contribution in [-0.2, 0) is 14.8 Å². The van der Waals surface area contributed by atoms with Gasteiger partial charge in [0.25, 0.3) is 0 Å². The molecule has 6 nitrogen and oxygen atoms in total. The molecule has 3 N–H and O–H groups in total. The van der Waals surface area contributed by atoms with Crippen LogP contribution in [0, 0.1) is 5.92 Å². The van der Waals surface area contributed by atoms with Crippen molar-refractivity contribution in [3.63, 3.8) is 0 Å². The number of nitrogens with one attached hydrogen (secondary N) is 1. The van der Waals surface area contributed by atoms with Gasteiger partial charge < -0.3 is 11.1 Å². The zero-order valence-electron chi connectivity index (χ0n) is 14.0. The van der Waals surface area contributed by atoms with Crippen molar-refractivity contribution in [1.82, 2.24) is 4.31 Å². The highest BCUT2D eigenvalue weighted by molar-refractivity contribution is 7.89. The first-order chi connectivity index (χ1) is 11.2. The molecule has 0 bridgehead atoms. The molecule has 0 aromatic heterocycles. The van der Waals surface area contributed by atoms with E-state index in [4.69, 9.17) is 17.3 Å². The fourth-order valence-electron chi connectivity index (χ4n) is 2.70. The van der Waals surface area contributed by atoms with E-state index in [0.717, 1.165) is 12.8 Å². The number of hydrogen-bond acceptors (Lipinski definition) is 4. The monoisotopic (exact) mass is 373 g/mol. The minimum Gasteiger partial charge on any atom is -0.325 e. The van der Waals surface area contributed by atoms with Gasteiger partial charge in [-0.25, -0.2) is 8.42 Å². The Bertz CT molecular complexity index is 701. The smallest absolute Gasteiger partial charge is 0.244 e. The SMILES string of the molecule is CC(C)C[C@H](N)C(=O)Nc1ccc(Cl)c(S(=O)(=O)N2CCCC2)c1. The maximum absolute atomic E-state index is 12.7. The summed E-state index contributed by atoms with van der Waals surface area (Å²) in [6, 6.07) is 3.81. The second kappa shape index (κ2) is 7.82. The van der Waals surface area contributed by atoms with Gasteiger partial charge in [0.15, 0.2) is 0 Å². The molecule has 1 atom stereocenters. The number of halogens is 1. The third-order valence-electron chi connectivity index (χ3n) is 3.94. The molecule has 1 heterocycles. The molecule has 134 valence electrons. The van der Waals surface area contributed by atoms with E-state index >= 15 is 0 Å². The van der Waals surface area contributed by atoms with Crippen LogP contribution in [-0.4, -0.2) is 37.8 Å². The summed E-state index contributed by atoms with van der Waals surface area (Å²) in [5.74, 6) is -0.0439. The Morgan fingerprint density at radius 1 is 1.33 bits per heavy atom.